The zero-order valence-electron chi connectivity index (χ0n) is 27.0. The van der Waals surface area contributed by atoms with Gasteiger partial charge in [0.1, 0.15) is 18.1 Å². The highest BCUT2D eigenvalue weighted by atomic mass is 33.1. The summed E-state index contributed by atoms with van der Waals surface area (Å²) in [5.74, 6) is -0.934. The molecule has 258 valence electrons. The summed E-state index contributed by atoms with van der Waals surface area (Å²) in [5.41, 5.74) is 19.2. The Morgan fingerprint density at radius 3 is 2.31 bits per heavy atom. The third kappa shape index (κ3) is 11.8. The molecule has 48 heavy (non-hydrogen) atoms. The molecule has 1 aliphatic rings. The fourth-order valence-corrected chi connectivity index (χ4v) is 8.64. The summed E-state index contributed by atoms with van der Waals surface area (Å²) in [7, 11) is 3.82. The van der Waals surface area contributed by atoms with Crippen molar-refractivity contribution in [3.05, 3.63) is 71.9 Å². The topological polar surface area (TPSA) is 211 Å². The van der Waals surface area contributed by atoms with Gasteiger partial charge in [-0.05, 0) is 49.3 Å². The lowest BCUT2D eigenvalue weighted by atomic mass is 10.0. The number of rotatable bonds is 19. The Morgan fingerprint density at radius 1 is 0.854 bits per heavy atom. The van der Waals surface area contributed by atoms with Crippen molar-refractivity contribution in [3.8, 4) is 0 Å². The molecule has 14 heteroatoms. The molecular weight excluding hydrogens is 649 g/mol. The molecule has 3 aromatic rings. The largest absolute Gasteiger partial charge is 0.370 e. The second kappa shape index (κ2) is 19.0. The predicted octanol–water partition coefficient (Wildman–Crippen LogP) is 2.66. The fourth-order valence-electron chi connectivity index (χ4n) is 5.61. The molecular formula is C34H46N8O4S2. The zero-order valence-corrected chi connectivity index (χ0v) is 28.6. The van der Waals surface area contributed by atoms with Crippen LogP contribution in [0.4, 0.5) is 0 Å². The second-order valence-corrected chi connectivity index (χ2v) is 14.7. The van der Waals surface area contributed by atoms with E-state index in [-0.39, 0.29) is 37.7 Å². The molecule has 4 atom stereocenters. The van der Waals surface area contributed by atoms with Gasteiger partial charge in [0.2, 0.25) is 23.6 Å². The first-order valence-corrected chi connectivity index (χ1v) is 18.7. The van der Waals surface area contributed by atoms with Gasteiger partial charge in [-0.3, -0.25) is 24.2 Å². The maximum Gasteiger partial charge on any atom is 0.243 e. The number of H-pyrrole nitrogens is 1. The van der Waals surface area contributed by atoms with E-state index in [1.54, 1.807) is 6.20 Å². The summed E-state index contributed by atoms with van der Waals surface area (Å²) in [6.07, 6.45) is 6.97. The first kappa shape index (κ1) is 36.7. The third-order valence-electron chi connectivity index (χ3n) is 8.18. The Bertz CT molecular complexity index is 1540. The van der Waals surface area contributed by atoms with Crippen LogP contribution in [0, 0.1) is 0 Å². The zero-order chi connectivity index (χ0) is 34.3. The number of primary amides is 1. The highest BCUT2D eigenvalue weighted by molar-refractivity contribution is 8.77. The van der Waals surface area contributed by atoms with Crippen molar-refractivity contribution in [1.82, 2.24) is 20.9 Å². The van der Waals surface area contributed by atoms with Gasteiger partial charge in [-0.25, -0.2) is 0 Å². The lowest BCUT2D eigenvalue weighted by Crippen LogP contribution is -2.57. The van der Waals surface area contributed by atoms with Gasteiger partial charge in [-0.15, -0.1) is 0 Å². The molecule has 2 aromatic carbocycles. The number of amides is 4. The van der Waals surface area contributed by atoms with Crippen LogP contribution in [-0.2, 0) is 32.0 Å². The van der Waals surface area contributed by atoms with Crippen molar-refractivity contribution in [2.75, 3.05) is 12.3 Å². The number of guanidine groups is 1. The van der Waals surface area contributed by atoms with E-state index in [4.69, 9.17) is 17.2 Å². The molecule has 1 saturated heterocycles. The Balaban J connectivity index is 1.44. The molecule has 1 aromatic heterocycles. The minimum absolute atomic E-state index is 0.0842. The SMILES string of the molecule is NC(=O)[C@H](Cc1c[nH]c2ccccc12)NC(=O)[C@H](CCCN=C(N)N)NC(=O)[C@@H](Cc1ccccc1)NC(=O)CCCCC1CCSS1. The molecule has 4 amide bonds. The maximum absolute atomic E-state index is 13.8. The van der Waals surface area contributed by atoms with E-state index in [0.29, 0.717) is 18.1 Å². The minimum Gasteiger partial charge on any atom is -0.370 e. The molecule has 1 unspecified atom stereocenters. The number of benzene rings is 2. The Hall–Kier alpha value is -4.17. The van der Waals surface area contributed by atoms with Crippen molar-refractivity contribution in [1.29, 1.82) is 0 Å². The number of hydrogen-bond acceptors (Lipinski definition) is 7. The molecule has 4 rings (SSSR count). The standard InChI is InChI=1S/C34H46N8O4S2/c35-31(44)28(20-23-21-39-26-13-6-5-12-25(23)26)42-32(45)27(14-8-17-38-34(36)37)41-33(46)29(19-22-9-2-1-3-10-22)40-30(43)15-7-4-11-24-16-18-47-48-24/h1-3,5-6,9-10,12-13,21,24,27-29,39H,4,7-8,11,14-20H2,(H2,35,44)(H,40,43)(H,41,46)(H,42,45)(H4,36,37,38)/t24?,27-,28-,29+/m0/s1. The molecule has 2 heterocycles. The molecule has 0 bridgehead atoms. The summed E-state index contributed by atoms with van der Waals surface area (Å²) in [6, 6.07) is 14.0. The van der Waals surface area contributed by atoms with E-state index in [1.165, 1.54) is 12.2 Å². The summed E-state index contributed by atoms with van der Waals surface area (Å²) >= 11 is 0. The summed E-state index contributed by atoms with van der Waals surface area (Å²) in [5, 5.41) is 10.0. The van der Waals surface area contributed by atoms with Crippen LogP contribution in [0.5, 0.6) is 0 Å². The number of carbonyl (C=O) groups is 4. The molecule has 0 aliphatic carbocycles. The van der Waals surface area contributed by atoms with Crippen LogP contribution in [0.1, 0.15) is 56.1 Å². The Morgan fingerprint density at radius 2 is 1.58 bits per heavy atom. The lowest BCUT2D eigenvalue weighted by Gasteiger charge is -2.25. The maximum atomic E-state index is 13.8. The summed E-state index contributed by atoms with van der Waals surface area (Å²) < 4.78 is 0. The monoisotopic (exact) mass is 694 g/mol. The van der Waals surface area contributed by atoms with Crippen molar-refractivity contribution >= 4 is 62.1 Å². The van der Waals surface area contributed by atoms with Crippen LogP contribution in [0.3, 0.4) is 0 Å². The number of aromatic amines is 1. The van der Waals surface area contributed by atoms with Crippen LogP contribution >= 0.6 is 21.6 Å². The normalized spacial score (nSPS) is 16.0. The fraction of sp³-hybridized carbons (Fsp3) is 0.441. The molecule has 10 N–H and O–H groups in total. The van der Waals surface area contributed by atoms with E-state index in [2.05, 4.69) is 25.9 Å². The van der Waals surface area contributed by atoms with Gasteiger partial charge in [-0.2, -0.15) is 0 Å². The van der Waals surface area contributed by atoms with Crippen molar-refractivity contribution in [2.45, 2.75) is 81.2 Å². The van der Waals surface area contributed by atoms with Gasteiger partial charge in [-0.1, -0.05) is 76.5 Å². The number of hydrogen-bond donors (Lipinski definition) is 7. The summed E-state index contributed by atoms with van der Waals surface area (Å²) in [6.45, 7) is 0.235. The first-order chi connectivity index (χ1) is 23.2. The molecule has 1 fully saturated rings. The number of aliphatic imine (C=N–C) groups is 1. The number of para-hydroxylation sites is 1. The second-order valence-electron chi connectivity index (χ2n) is 11.9. The van der Waals surface area contributed by atoms with E-state index in [0.717, 1.165) is 41.3 Å². The molecule has 0 radical (unpaired) electrons. The van der Waals surface area contributed by atoms with Gasteiger partial charge < -0.3 is 38.1 Å². The van der Waals surface area contributed by atoms with E-state index in [1.807, 2.05) is 76.2 Å². The first-order valence-electron chi connectivity index (χ1n) is 16.3. The predicted molar refractivity (Wildman–Crippen MR) is 194 cm³/mol. The lowest BCUT2D eigenvalue weighted by molar-refractivity contribution is -0.133. The number of unbranched alkanes of at least 4 members (excludes halogenated alkanes) is 1. The van der Waals surface area contributed by atoms with Crippen LogP contribution in [0.2, 0.25) is 0 Å². The number of nitrogens with one attached hydrogen (secondary N) is 4. The van der Waals surface area contributed by atoms with E-state index >= 15 is 0 Å². The molecule has 1 aliphatic heterocycles. The third-order valence-corrected chi connectivity index (χ3v) is 11.2. The van der Waals surface area contributed by atoms with Gasteiger partial charge >= 0.3 is 0 Å². The molecule has 0 spiro atoms. The Kier molecular flexibility index (Phi) is 14.5. The highest BCUT2D eigenvalue weighted by Gasteiger charge is 2.29. The van der Waals surface area contributed by atoms with E-state index < -0.39 is 35.8 Å². The van der Waals surface area contributed by atoms with Crippen molar-refractivity contribution < 1.29 is 19.2 Å². The molecule has 0 saturated carbocycles. The number of nitrogens with two attached hydrogens (primary N) is 3. The van der Waals surface area contributed by atoms with Gasteiger partial charge in [0.15, 0.2) is 5.96 Å². The minimum atomic E-state index is -1.05. The van der Waals surface area contributed by atoms with Gasteiger partial charge in [0.25, 0.3) is 0 Å². The van der Waals surface area contributed by atoms with Crippen molar-refractivity contribution in [2.24, 2.45) is 22.2 Å². The Labute approximate surface area is 289 Å². The van der Waals surface area contributed by atoms with Crippen LogP contribution in [0.25, 0.3) is 10.9 Å². The van der Waals surface area contributed by atoms with Crippen LogP contribution in [0.15, 0.2) is 65.8 Å². The number of aromatic nitrogens is 1. The van der Waals surface area contributed by atoms with Gasteiger partial charge in [0, 0.05) is 53.9 Å². The average molecular weight is 695 g/mol. The van der Waals surface area contributed by atoms with Crippen LogP contribution < -0.4 is 33.2 Å². The number of carbonyl (C=O) groups excluding carboxylic acids is 4. The number of fused-ring (bicyclic) bond motifs is 1. The van der Waals surface area contributed by atoms with Crippen LogP contribution in [-0.4, -0.2) is 70.2 Å². The van der Waals surface area contributed by atoms with Crippen molar-refractivity contribution in [3.63, 3.8) is 0 Å². The smallest absolute Gasteiger partial charge is 0.243 e. The van der Waals surface area contributed by atoms with E-state index in [9.17, 15) is 19.2 Å². The highest BCUT2D eigenvalue weighted by Crippen LogP contribution is 2.39. The molecule has 12 nitrogen and oxygen atoms in total. The average Bonchev–Trinajstić information content (AvgIpc) is 3.74. The summed E-state index contributed by atoms with van der Waals surface area (Å²) in [4.78, 5) is 60.2. The van der Waals surface area contributed by atoms with Gasteiger partial charge in [0.05, 0.1) is 0 Å². The quantitative estimate of drug-likeness (QED) is 0.0428. The number of nitrogens with zero attached hydrogens (tertiary/aromatic N) is 1.